The molecule has 0 aromatic carbocycles. The van der Waals surface area contributed by atoms with E-state index in [0.29, 0.717) is 13.0 Å². The molecule has 1 aliphatic carbocycles. The van der Waals surface area contributed by atoms with Gasteiger partial charge in [-0.2, -0.15) is 0 Å². The highest BCUT2D eigenvalue weighted by molar-refractivity contribution is 6.04. The summed E-state index contributed by atoms with van der Waals surface area (Å²) in [5.41, 5.74) is 5.70. The average molecular weight is 267 g/mol. The lowest BCUT2D eigenvalue weighted by atomic mass is 9.93. The number of imide groups is 1. The monoisotopic (exact) mass is 267 g/mol. The summed E-state index contributed by atoms with van der Waals surface area (Å²) in [4.78, 5) is 37.2. The summed E-state index contributed by atoms with van der Waals surface area (Å²) in [6.07, 6.45) is 3.27. The molecule has 1 saturated heterocycles. The van der Waals surface area contributed by atoms with Gasteiger partial charge in [0.2, 0.25) is 17.7 Å². The van der Waals surface area contributed by atoms with Crippen LogP contribution in [0.4, 0.5) is 0 Å². The van der Waals surface area contributed by atoms with E-state index in [1.807, 2.05) is 6.92 Å². The second-order valence-electron chi connectivity index (χ2n) is 5.34. The molecule has 3 N–H and O–H groups in total. The topological polar surface area (TPSA) is 92.5 Å². The van der Waals surface area contributed by atoms with Crippen LogP contribution in [0.15, 0.2) is 0 Å². The number of piperazine rings is 1. The lowest BCUT2D eigenvalue weighted by molar-refractivity contribution is -0.153. The quantitative estimate of drug-likeness (QED) is 0.682. The first-order valence-corrected chi connectivity index (χ1v) is 6.92. The van der Waals surface area contributed by atoms with Gasteiger partial charge in [0.1, 0.15) is 12.6 Å². The fraction of sp³-hybridized carbons (Fsp3) is 0.769. The maximum atomic E-state index is 12.6. The van der Waals surface area contributed by atoms with Crippen molar-refractivity contribution in [3.8, 4) is 0 Å². The molecular weight excluding hydrogens is 246 g/mol. The van der Waals surface area contributed by atoms with Crippen LogP contribution in [-0.4, -0.2) is 41.8 Å². The smallest absolute Gasteiger partial charge is 0.249 e. The molecule has 2 rings (SSSR count). The zero-order valence-electron chi connectivity index (χ0n) is 11.2. The molecule has 6 nitrogen and oxygen atoms in total. The number of hydrogen-bond acceptors (Lipinski definition) is 4. The SMILES string of the molecule is CCC1C(=O)NC(=O)CN1C(=O)C1CCCC1CN. The molecule has 3 atom stereocenters. The Balaban J connectivity index is 2.15. The van der Waals surface area contributed by atoms with Gasteiger partial charge >= 0.3 is 0 Å². The predicted octanol–water partition coefficient (Wildman–Crippen LogP) is -0.375. The Morgan fingerprint density at radius 2 is 2.16 bits per heavy atom. The van der Waals surface area contributed by atoms with E-state index in [1.54, 1.807) is 0 Å². The van der Waals surface area contributed by atoms with Crippen molar-refractivity contribution < 1.29 is 14.4 Å². The molecule has 0 aromatic heterocycles. The van der Waals surface area contributed by atoms with Gasteiger partial charge in [-0.15, -0.1) is 0 Å². The van der Waals surface area contributed by atoms with Gasteiger partial charge in [-0.1, -0.05) is 13.3 Å². The molecule has 0 radical (unpaired) electrons. The van der Waals surface area contributed by atoms with E-state index in [-0.39, 0.29) is 30.2 Å². The maximum Gasteiger partial charge on any atom is 0.249 e. The Kier molecular flexibility index (Phi) is 4.19. The minimum Gasteiger partial charge on any atom is -0.330 e. The van der Waals surface area contributed by atoms with Gasteiger partial charge in [-0.05, 0) is 31.7 Å². The van der Waals surface area contributed by atoms with Crippen LogP contribution in [0.5, 0.6) is 0 Å². The summed E-state index contributed by atoms with van der Waals surface area (Å²) in [6.45, 7) is 2.31. The average Bonchev–Trinajstić information content (AvgIpc) is 2.85. The van der Waals surface area contributed by atoms with Crippen LogP contribution < -0.4 is 11.1 Å². The molecule has 6 heteroatoms. The van der Waals surface area contributed by atoms with Gasteiger partial charge < -0.3 is 10.6 Å². The zero-order chi connectivity index (χ0) is 14.0. The fourth-order valence-electron chi connectivity index (χ4n) is 3.16. The van der Waals surface area contributed by atoms with Crippen molar-refractivity contribution in [1.82, 2.24) is 10.2 Å². The molecule has 0 spiro atoms. The van der Waals surface area contributed by atoms with E-state index in [2.05, 4.69) is 5.32 Å². The molecule has 1 saturated carbocycles. The third-order valence-corrected chi connectivity index (χ3v) is 4.20. The Morgan fingerprint density at radius 1 is 1.42 bits per heavy atom. The van der Waals surface area contributed by atoms with Gasteiger partial charge in [0.05, 0.1) is 0 Å². The number of nitrogens with two attached hydrogens (primary N) is 1. The second-order valence-corrected chi connectivity index (χ2v) is 5.34. The number of carbonyl (C=O) groups excluding carboxylic acids is 3. The first-order valence-electron chi connectivity index (χ1n) is 6.92. The molecular formula is C13H21N3O3. The van der Waals surface area contributed by atoms with Crippen molar-refractivity contribution in [2.75, 3.05) is 13.1 Å². The maximum absolute atomic E-state index is 12.6. The summed E-state index contributed by atoms with van der Waals surface area (Å²) < 4.78 is 0. The third kappa shape index (κ3) is 2.63. The van der Waals surface area contributed by atoms with Crippen LogP contribution in [0.3, 0.4) is 0 Å². The normalized spacial score (nSPS) is 31.5. The third-order valence-electron chi connectivity index (χ3n) is 4.20. The van der Waals surface area contributed by atoms with Crippen LogP contribution in [0.25, 0.3) is 0 Å². The lowest BCUT2D eigenvalue weighted by Gasteiger charge is -2.36. The highest BCUT2D eigenvalue weighted by Gasteiger charge is 2.41. The molecule has 3 amide bonds. The van der Waals surface area contributed by atoms with Gasteiger partial charge in [0, 0.05) is 5.92 Å². The van der Waals surface area contributed by atoms with E-state index in [1.165, 1.54) is 4.90 Å². The molecule has 2 fully saturated rings. The Labute approximate surface area is 112 Å². The van der Waals surface area contributed by atoms with Crippen molar-refractivity contribution >= 4 is 17.7 Å². The molecule has 2 aliphatic rings. The summed E-state index contributed by atoms with van der Waals surface area (Å²) in [6, 6.07) is -0.524. The van der Waals surface area contributed by atoms with Crippen LogP contribution in [0.1, 0.15) is 32.6 Å². The fourth-order valence-corrected chi connectivity index (χ4v) is 3.16. The van der Waals surface area contributed by atoms with E-state index in [9.17, 15) is 14.4 Å². The van der Waals surface area contributed by atoms with Gasteiger partial charge in [0.25, 0.3) is 0 Å². The van der Waals surface area contributed by atoms with Gasteiger partial charge in [-0.3, -0.25) is 19.7 Å². The molecule has 0 bridgehead atoms. The minimum absolute atomic E-state index is 0.0170. The van der Waals surface area contributed by atoms with Crippen LogP contribution in [0, 0.1) is 11.8 Å². The van der Waals surface area contributed by atoms with Crippen LogP contribution in [0.2, 0.25) is 0 Å². The van der Waals surface area contributed by atoms with Gasteiger partial charge in [0.15, 0.2) is 0 Å². The van der Waals surface area contributed by atoms with Crippen molar-refractivity contribution in [2.45, 2.75) is 38.6 Å². The number of nitrogens with zero attached hydrogens (tertiary/aromatic N) is 1. The minimum atomic E-state index is -0.524. The van der Waals surface area contributed by atoms with E-state index < -0.39 is 11.9 Å². The van der Waals surface area contributed by atoms with Crippen molar-refractivity contribution in [1.29, 1.82) is 0 Å². The summed E-state index contributed by atoms with van der Waals surface area (Å²) in [5, 5.41) is 2.28. The standard InChI is InChI=1S/C13H21N3O3/c1-2-10-12(18)15-11(17)7-16(10)13(19)9-5-3-4-8(9)6-14/h8-10H,2-7,14H2,1H3,(H,15,17,18). The largest absolute Gasteiger partial charge is 0.330 e. The molecule has 106 valence electrons. The van der Waals surface area contributed by atoms with Crippen LogP contribution in [-0.2, 0) is 14.4 Å². The summed E-state index contributed by atoms with van der Waals surface area (Å²) >= 11 is 0. The number of carbonyl (C=O) groups is 3. The first kappa shape index (κ1) is 14.0. The number of nitrogens with one attached hydrogen (secondary N) is 1. The van der Waals surface area contributed by atoms with Crippen LogP contribution >= 0.6 is 0 Å². The Bertz CT molecular complexity index is 397. The first-order chi connectivity index (χ1) is 9.08. The number of amides is 3. The zero-order valence-corrected chi connectivity index (χ0v) is 11.2. The highest BCUT2D eigenvalue weighted by Crippen LogP contribution is 2.33. The Hall–Kier alpha value is -1.43. The molecule has 1 heterocycles. The Morgan fingerprint density at radius 3 is 2.79 bits per heavy atom. The van der Waals surface area contributed by atoms with E-state index in [4.69, 9.17) is 5.73 Å². The second kappa shape index (κ2) is 5.69. The highest BCUT2D eigenvalue weighted by atomic mass is 16.2. The molecule has 19 heavy (non-hydrogen) atoms. The summed E-state index contributed by atoms with van der Waals surface area (Å²) in [7, 11) is 0. The number of hydrogen-bond donors (Lipinski definition) is 2. The molecule has 3 unspecified atom stereocenters. The summed E-state index contributed by atoms with van der Waals surface area (Å²) in [5.74, 6) is -0.786. The van der Waals surface area contributed by atoms with Crippen molar-refractivity contribution in [2.24, 2.45) is 17.6 Å². The van der Waals surface area contributed by atoms with Gasteiger partial charge in [-0.25, -0.2) is 0 Å². The number of rotatable bonds is 3. The van der Waals surface area contributed by atoms with E-state index >= 15 is 0 Å². The predicted molar refractivity (Wildman–Crippen MR) is 68.8 cm³/mol. The van der Waals surface area contributed by atoms with Crippen molar-refractivity contribution in [3.63, 3.8) is 0 Å². The van der Waals surface area contributed by atoms with Crippen molar-refractivity contribution in [3.05, 3.63) is 0 Å². The lowest BCUT2D eigenvalue weighted by Crippen LogP contribution is -2.60. The van der Waals surface area contributed by atoms with E-state index in [0.717, 1.165) is 19.3 Å². The molecule has 1 aliphatic heterocycles. The molecule has 0 aromatic rings.